The van der Waals surface area contributed by atoms with Gasteiger partial charge in [0.2, 0.25) is 17.7 Å². The Labute approximate surface area is 203 Å². The molecule has 1 aromatic carbocycles. The van der Waals surface area contributed by atoms with E-state index >= 15 is 0 Å². The molecule has 2 bridgehead atoms. The fraction of sp³-hybridized carbons (Fsp3) is 0.520. The van der Waals surface area contributed by atoms with Crippen LogP contribution >= 0.6 is 11.3 Å². The Morgan fingerprint density at radius 2 is 1.94 bits per heavy atom. The molecule has 2 N–H and O–H groups in total. The zero-order valence-electron chi connectivity index (χ0n) is 19.8. The van der Waals surface area contributed by atoms with Gasteiger partial charge in [-0.05, 0) is 50.7 Å². The largest absolute Gasteiger partial charge is 0.353 e. The average molecular weight is 482 g/mol. The van der Waals surface area contributed by atoms with Crippen molar-refractivity contribution in [2.45, 2.75) is 58.2 Å². The molecule has 1 aliphatic carbocycles. The molecule has 2 aromatic rings. The lowest BCUT2D eigenvalue weighted by atomic mass is 10.0. The quantitative estimate of drug-likeness (QED) is 0.662. The van der Waals surface area contributed by atoms with Crippen molar-refractivity contribution in [3.05, 3.63) is 40.9 Å². The summed E-state index contributed by atoms with van der Waals surface area (Å²) < 4.78 is 0. The van der Waals surface area contributed by atoms with E-state index < -0.39 is 0 Å². The van der Waals surface area contributed by atoms with Crippen LogP contribution in [-0.2, 0) is 14.4 Å². The van der Waals surface area contributed by atoms with Crippen molar-refractivity contribution in [1.82, 2.24) is 15.2 Å². The van der Waals surface area contributed by atoms with Gasteiger partial charge in [-0.3, -0.25) is 14.4 Å². The van der Waals surface area contributed by atoms with Crippen LogP contribution in [0.1, 0.15) is 37.3 Å². The highest BCUT2D eigenvalue weighted by molar-refractivity contribution is 7.13. The maximum absolute atomic E-state index is 13.1. The monoisotopic (exact) mass is 481 g/mol. The zero-order chi connectivity index (χ0) is 24.0. The average Bonchev–Trinajstić information content (AvgIpc) is 3.58. The number of nitrogens with one attached hydrogen (secondary N) is 2. The molecule has 2 aliphatic heterocycles. The molecule has 8 nitrogen and oxygen atoms in total. The van der Waals surface area contributed by atoms with E-state index in [0.29, 0.717) is 13.1 Å². The van der Waals surface area contributed by atoms with Crippen LogP contribution in [0.4, 0.5) is 10.8 Å². The van der Waals surface area contributed by atoms with Crippen molar-refractivity contribution < 1.29 is 14.4 Å². The Morgan fingerprint density at radius 1 is 1.18 bits per heavy atom. The standard InChI is InChI=1S/C25H31N5O3S/c1-14-5-4-6-15(2)22(14)30-13-18(10-21(30)31)23(32)28-20-11-19-9-17(20)12-29(19)24(33)16(3)27-25-26-7-8-34-25/h4-8,16-20H,9-13H2,1-3H3,(H,26,27)(H,28,32)/t16?,17-,18?,19-,20-/m1/s1. The minimum Gasteiger partial charge on any atom is -0.353 e. The van der Waals surface area contributed by atoms with Crippen molar-refractivity contribution >= 4 is 39.9 Å². The SMILES string of the molecule is Cc1cccc(C)c1N1CC(C(=O)N[C@@H]2C[C@H]3C[C@@H]2CN3C(=O)C(C)Nc2nccs2)CC1=O. The summed E-state index contributed by atoms with van der Waals surface area (Å²) in [7, 11) is 0. The Bertz CT molecular complexity index is 1080. The summed E-state index contributed by atoms with van der Waals surface area (Å²) in [6.07, 6.45) is 3.64. The Morgan fingerprint density at radius 3 is 2.59 bits per heavy atom. The van der Waals surface area contributed by atoms with Gasteiger partial charge in [0.05, 0.1) is 5.92 Å². The Hall–Kier alpha value is -2.94. The molecule has 3 aliphatic rings. The number of aryl methyl sites for hydroxylation is 2. The third-order valence-corrected chi connectivity index (χ3v) is 8.20. The predicted octanol–water partition coefficient (Wildman–Crippen LogP) is 2.72. The number of piperidine rings is 1. The first-order valence-electron chi connectivity index (χ1n) is 11.9. The van der Waals surface area contributed by atoms with E-state index in [4.69, 9.17) is 0 Å². The van der Waals surface area contributed by atoms with Crippen LogP contribution in [0.3, 0.4) is 0 Å². The second-order valence-electron chi connectivity index (χ2n) is 9.84. The van der Waals surface area contributed by atoms with Gasteiger partial charge in [0.25, 0.3) is 0 Å². The zero-order valence-corrected chi connectivity index (χ0v) is 20.6. The van der Waals surface area contributed by atoms with Crippen LogP contribution in [0.2, 0.25) is 0 Å². The van der Waals surface area contributed by atoms with Gasteiger partial charge < -0.3 is 20.4 Å². The Balaban J connectivity index is 1.16. The fourth-order valence-corrected chi connectivity index (χ4v) is 6.44. The lowest BCUT2D eigenvalue weighted by molar-refractivity contribution is -0.133. The van der Waals surface area contributed by atoms with E-state index in [2.05, 4.69) is 15.6 Å². The number of hydrogen-bond donors (Lipinski definition) is 2. The van der Waals surface area contributed by atoms with Crippen LogP contribution in [0.15, 0.2) is 29.8 Å². The Kier molecular flexibility index (Phi) is 6.06. The predicted molar refractivity (Wildman–Crippen MR) is 132 cm³/mol. The first kappa shape index (κ1) is 22.8. The number of carbonyl (C=O) groups excluding carboxylic acids is 3. The molecule has 3 heterocycles. The number of thiazole rings is 1. The smallest absolute Gasteiger partial charge is 0.245 e. The second-order valence-corrected chi connectivity index (χ2v) is 10.7. The van der Waals surface area contributed by atoms with Gasteiger partial charge in [-0.25, -0.2) is 4.98 Å². The van der Waals surface area contributed by atoms with Crippen molar-refractivity contribution in [3.63, 3.8) is 0 Å². The topological polar surface area (TPSA) is 94.6 Å². The second kappa shape index (κ2) is 9.02. The highest BCUT2D eigenvalue weighted by Gasteiger charge is 2.48. The molecular weight excluding hydrogens is 450 g/mol. The molecule has 5 atom stereocenters. The summed E-state index contributed by atoms with van der Waals surface area (Å²) in [6, 6.07) is 5.86. The molecule has 3 fully saturated rings. The summed E-state index contributed by atoms with van der Waals surface area (Å²) in [5, 5.41) is 9.02. The maximum atomic E-state index is 13.1. The third kappa shape index (κ3) is 4.17. The summed E-state index contributed by atoms with van der Waals surface area (Å²) in [6.45, 7) is 6.95. The van der Waals surface area contributed by atoms with E-state index in [1.54, 1.807) is 11.1 Å². The highest BCUT2D eigenvalue weighted by atomic mass is 32.1. The van der Waals surface area contributed by atoms with Crippen LogP contribution < -0.4 is 15.5 Å². The summed E-state index contributed by atoms with van der Waals surface area (Å²) in [5.74, 6) is -0.0407. The summed E-state index contributed by atoms with van der Waals surface area (Å²) in [4.78, 5) is 46.7. The van der Waals surface area contributed by atoms with E-state index in [0.717, 1.165) is 34.8 Å². The number of likely N-dealkylation sites (tertiary alicyclic amines) is 1. The lowest BCUT2D eigenvalue weighted by Gasteiger charge is -2.34. The molecule has 2 unspecified atom stereocenters. The number of aromatic nitrogens is 1. The van der Waals surface area contributed by atoms with Gasteiger partial charge in [0.1, 0.15) is 6.04 Å². The number of nitrogens with zero attached hydrogens (tertiary/aromatic N) is 3. The number of carbonyl (C=O) groups is 3. The van der Waals surface area contributed by atoms with Gasteiger partial charge in [0.15, 0.2) is 5.13 Å². The normalized spacial score (nSPS) is 26.7. The van der Waals surface area contributed by atoms with Crippen molar-refractivity contribution in [3.8, 4) is 0 Å². The van der Waals surface area contributed by atoms with Crippen LogP contribution in [-0.4, -0.2) is 58.8 Å². The number of anilines is 2. The molecule has 1 saturated carbocycles. The molecule has 3 amide bonds. The van der Waals surface area contributed by atoms with Crippen LogP contribution in [0.25, 0.3) is 0 Å². The van der Waals surface area contributed by atoms with Gasteiger partial charge in [-0.15, -0.1) is 11.3 Å². The molecule has 1 aromatic heterocycles. The van der Waals surface area contributed by atoms with E-state index in [-0.39, 0.29) is 54.1 Å². The molecule has 5 rings (SSSR count). The fourth-order valence-electron chi connectivity index (χ4n) is 5.82. The minimum absolute atomic E-state index is 0.00369. The van der Waals surface area contributed by atoms with Crippen LogP contribution in [0.5, 0.6) is 0 Å². The maximum Gasteiger partial charge on any atom is 0.245 e. The number of rotatable bonds is 6. The summed E-state index contributed by atoms with van der Waals surface area (Å²) >= 11 is 1.48. The van der Waals surface area contributed by atoms with Crippen LogP contribution in [0, 0.1) is 25.7 Å². The molecule has 2 saturated heterocycles. The molecule has 9 heteroatoms. The minimum atomic E-state index is -0.342. The number of para-hydroxylation sites is 1. The molecule has 180 valence electrons. The van der Waals surface area contributed by atoms with E-state index in [9.17, 15) is 14.4 Å². The first-order valence-corrected chi connectivity index (χ1v) is 12.8. The van der Waals surface area contributed by atoms with Gasteiger partial charge >= 0.3 is 0 Å². The summed E-state index contributed by atoms with van der Waals surface area (Å²) in [5.41, 5.74) is 3.02. The number of fused-ring (bicyclic) bond motifs is 2. The molecular formula is C25H31N5O3S. The number of amides is 3. The third-order valence-electron chi connectivity index (χ3n) is 7.50. The number of hydrogen-bond acceptors (Lipinski definition) is 6. The van der Waals surface area contributed by atoms with E-state index in [1.807, 2.05) is 49.3 Å². The van der Waals surface area contributed by atoms with Gasteiger partial charge in [0, 0.05) is 48.9 Å². The highest BCUT2D eigenvalue weighted by Crippen LogP contribution is 2.39. The first-order chi connectivity index (χ1) is 16.3. The van der Waals surface area contributed by atoms with Crippen molar-refractivity contribution in [2.75, 3.05) is 23.3 Å². The van der Waals surface area contributed by atoms with Crippen molar-refractivity contribution in [2.24, 2.45) is 11.8 Å². The lowest BCUT2D eigenvalue weighted by Crippen LogP contribution is -2.51. The van der Waals surface area contributed by atoms with Gasteiger partial charge in [-0.1, -0.05) is 18.2 Å². The molecule has 0 spiro atoms. The number of benzene rings is 1. The molecule has 0 radical (unpaired) electrons. The van der Waals surface area contributed by atoms with Gasteiger partial charge in [-0.2, -0.15) is 0 Å². The molecule has 34 heavy (non-hydrogen) atoms. The van der Waals surface area contributed by atoms with Crippen molar-refractivity contribution in [1.29, 1.82) is 0 Å². The van der Waals surface area contributed by atoms with E-state index in [1.165, 1.54) is 11.3 Å².